The second-order valence-corrected chi connectivity index (χ2v) is 6.48. The van der Waals surface area contributed by atoms with E-state index in [2.05, 4.69) is 0 Å². The van der Waals surface area contributed by atoms with Crippen LogP contribution in [0.15, 0.2) is 65.5 Å². The van der Waals surface area contributed by atoms with Crippen LogP contribution in [0.25, 0.3) is 21.8 Å². The second-order valence-electron chi connectivity index (χ2n) is 6.48. The number of carbonyl (C=O) groups is 1. The van der Waals surface area contributed by atoms with E-state index in [4.69, 9.17) is 5.11 Å². The number of rotatable bonds is 5. The first kappa shape index (κ1) is 16.9. The summed E-state index contributed by atoms with van der Waals surface area (Å²) in [7, 11) is 0. The second kappa shape index (κ2) is 6.64. The predicted molar refractivity (Wildman–Crippen MR) is 103 cm³/mol. The van der Waals surface area contributed by atoms with Gasteiger partial charge in [-0.05, 0) is 40.6 Å². The summed E-state index contributed by atoms with van der Waals surface area (Å²) in [6.07, 6.45) is -0.110. The maximum absolute atomic E-state index is 13.0. The van der Waals surface area contributed by atoms with Crippen LogP contribution in [0.3, 0.4) is 0 Å². The molecule has 0 radical (unpaired) electrons. The highest BCUT2D eigenvalue weighted by Crippen LogP contribution is 2.24. The number of carboxylic acids is 1. The number of fused-ring (bicyclic) bond motifs is 2. The zero-order valence-electron chi connectivity index (χ0n) is 14.5. The number of carboxylic acid groups (broad SMARTS) is 1. The van der Waals surface area contributed by atoms with Crippen molar-refractivity contribution in [3.8, 4) is 5.75 Å². The van der Waals surface area contributed by atoms with Crippen molar-refractivity contribution in [3.63, 3.8) is 0 Å². The van der Waals surface area contributed by atoms with Crippen LogP contribution in [-0.2, 0) is 17.9 Å². The number of benzene rings is 3. The predicted octanol–water partition coefficient (Wildman–Crippen LogP) is 3.18. The summed E-state index contributed by atoms with van der Waals surface area (Å²) in [5.41, 5.74) is 2.22. The first-order valence-electron chi connectivity index (χ1n) is 8.65. The normalized spacial score (nSPS) is 11.3. The topological polar surface area (TPSA) is 84.5 Å². The van der Waals surface area contributed by atoms with E-state index in [1.165, 1.54) is 4.57 Å². The summed E-state index contributed by atoms with van der Waals surface area (Å²) in [4.78, 5) is 23.9. The highest BCUT2D eigenvalue weighted by molar-refractivity contribution is 5.87. The van der Waals surface area contributed by atoms with Gasteiger partial charge in [0.15, 0.2) is 0 Å². The lowest BCUT2D eigenvalue weighted by atomic mass is 10.0. The Hall–Kier alpha value is -3.54. The molecule has 0 aliphatic carbocycles. The van der Waals surface area contributed by atoms with Crippen molar-refractivity contribution >= 4 is 27.8 Å². The fraction of sp³-hybridized carbons (Fsp3) is 0.143. The monoisotopic (exact) mass is 362 g/mol. The fourth-order valence-electron chi connectivity index (χ4n) is 3.50. The van der Waals surface area contributed by atoms with Gasteiger partial charge in [0.1, 0.15) is 5.75 Å². The minimum atomic E-state index is -0.937. The highest BCUT2D eigenvalue weighted by atomic mass is 16.4. The summed E-state index contributed by atoms with van der Waals surface area (Å²) >= 11 is 0. The van der Waals surface area contributed by atoms with E-state index >= 15 is 0 Å². The molecule has 3 aromatic carbocycles. The summed E-state index contributed by atoms with van der Waals surface area (Å²) in [6, 6.07) is 18.3. The van der Waals surface area contributed by atoms with Crippen molar-refractivity contribution in [1.82, 2.24) is 9.13 Å². The van der Waals surface area contributed by atoms with Gasteiger partial charge in [0.25, 0.3) is 0 Å². The van der Waals surface area contributed by atoms with E-state index in [1.54, 1.807) is 16.7 Å². The van der Waals surface area contributed by atoms with Crippen molar-refractivity contribution in [2.75, 3.05) is 0 Å². The Balaban J connectivity index is 1.84. The number of phenolic OH excluding ortho intramolecular Hbond substituents is 1. The smallest absolute Gasteiger partial charge is 0.329 e. The molecular weight excluding hydrogens is 344 g/mol. The van der Waals surface area contributed by atoms with E-state index in [9.17, 15) is 14.7 Å². The number of para-hydroxylation sites is 2. The summed E-state index contributed by atoms with van der Waals surface area (Å²) < 4.78 is 3.18. The van der Waals surface area contributed by atoms with Gasteiger partial charge in [-0.3, -0.25) is 13.9 Å². The molecule has 0 aliphatic heterocycles. The lowest BCUT2D eigenvalue weighted by molar-refractivity contribution is -0.137. The maximum Gasteiger partial charge on any atom is 0.329 e. The molecule has 0 spiro atoms. The third-order valence-corrected chi connectivity index (χ3v) is 4.76. The molecule has 0 saturated carbocycles. The van der Waals surface area contributed by atoms with Crippen LogP contribution in [0.5, 0.6) is 5.75 Å². The molecule has 4 rings (SSSR count). The van der Waals surface area contributed by atoms with Gasteiger partial charge in [-0.25, -0.2) is 4.79 Å². The average molecular weight is 362 g/mol. The molecule has 0 aliphatic rings. The third kappa shape index (κ3) is 3.06. The van der Waals surface area contributed by atoms with Gasteiger partial charge in [-0.1, -0.05) is 36.4 Å². The van der Waals surface area contributed by atoms with Crippen molar-refractivity contribution in [2.45, 2.75) is 19.5 Å². The molecule has 0 atom stereocenters. The Morgan fingerprint density at radius 1 is 0.926 bits per heavy atom. The molecular formula is C21H18N2O4. The first-order valence-corrected chi connectivity index (χ1v) is 8.65. The summed E-state index contributed by atoms with van der Waals surface area (Å²) in [5.74, 6) is -0.741. The molecule has 1 aromatic heterocycles. The Morgan fingerprint density at radius 3 is 2.41 bits per heavy atom. The third-order valence-electron chi connectivity index (χ3n) is 4.76. The van der Waals surface area contributed by atoms with E-state index in [0.29, 0.717) is 6.54 Å². The molecule has 4 aromatic rings. The lowest BCUT2D eigenvalue weighted by Crippen LogP contribution is -2.25. The van der Waals surface area contributed by atoms with E-state index in [0.717, 1.165) is 27.4 Å². The van der Waals surface area contributed by atoms with Crippen molar-refractivity contribution in [2.24, 2.45) is 0 Å². The van der Waals surface area contributed by atoms with Gasteiger partial charge in [0, 0.05) is 6.54 Å². The number of aryl methyl sites for hydroxylation is 1. The first-order chi connectivity index (χ1) is 13.0. The minimum Gasteiger partial charge on any atom is -0.508 e. The van der Waals surface area contributed by atoms with Crippen LogP contribution < -0.4 is 5.69 Å². The Labute approximate surface area is 154 Å². The Morgan fingerprint density at radius 2 is 1.67 bits per heavy atom. The number of imidazole rings is 1. The molecule has 136 valence electrons. The van der Waals surface area contributed by atoms with Crippen LogP contribution in [0.1, 0.15) is 12.0 Å². The molecule has 1 heterocycles. The van der Waals surface area contributed by atoms with E-state index in [-0.39, 0.29) is 24.4 Å². The standard InChI is InChI=1S/C21H18N2O4/c24-16-8-9-17-14(12-16)4-3-5-15(17)13-23-19-7-2-1-6-18(19)22(21(23)27)11-10-20(25)26/h1-9,12,24H,10-11,13H2,(H,25,26). The summed E-state index contributed by atoms with van der Waals surface area (Å²) in [5, 5.41) is 20.5. The molecule has 0 fully saturated rings. The molecule has 0 saturated heterocycles. The number of hydrogen-bond donors (Lipinski definition) is 2. The molecule has 0 amide bonds. The largest absolute Gasteiger partial charge is 0.508 e. The maximum atomic E-state index is 13.0. The number of hydrogen-bond acceptors (Lipinski definition) is 3. The zero-order chi connectivity index (χ0) is 19.0. The number of aliphatic carboxylic acids is 1. The quantitative estimate of drug-likeness (QED) is 0.571. The number of phenols is 1. The van der Waals surface area contributed by atoms with Gasteiger partial charge < -0.3 is 10.2 Å². The van der Waals surface area contributed by atoms with E-state index < -0.39 is 5.97 Å². The van der Waals surface area contributed by atoms with Crippen molar-refractivity contribution < 1.29 is 15.0 Å². The van der Waals surface area contributed by atoms with Gasteiger partial charge in [-0.2, -0.15) is 0 Å². The average Bonchev–Trinajstić information content (AvgIpc) is 2.91. The van der Waals surface area contributed by atoms with E-state index in [1.807, 2.05) is 48.5 Å². The lowest BCUT2D eigenvalue weighted by Gasteiger charge is -2.08. The van der Waals surface area contributed by atoms with Crippen molar-refractivity contribution in [3.05, 3.63) is 76.7 Å². The summed E-state index contributed by atoms with van der Waals surface area (Å²) in [6.45, 7) is 0.493. The zero-order valence-corrected chi connectivity index (χ0v) is 14.5. The highest BCUT2D eigenvalue weighted by Gasteiger charge is 2.15. The van der Waals surface area contributed by atoms with Crippen LogP contribution in [-0.4, -0.2) is 25.3 Å². The van der Waals surface area contributed by atoms with Crippen molar-refractivity contribution in [1.29, 1.82) is 0 Å². The molecule has 6 nitrogen and oxygen atoms in total. The minimum absolute atomic E-state index is 0.110. The number of nitrogens with zero attached hydrogens (tertiary/aromatic N) is 2. The molecule has 2 N–H and O–H groups in total. The number of aromatic hydroxyl groups is 1. The van der Waals surface area contributed by atoms with Gasteiger partial charge >= 0.3 is 11.7 Å². The Bertz CT molecular complexity index is 1220. The fourth-order valence-corrected chi connectivity index (χ4v) is 3.50. The molecule has 0 unspecified atom stereocenters. The van der Waals surface area contributed by atoms with Gasteiger partial charge in [-0.15, -0.1) is 0 Å². The molecule has 6 heteroatoms. The van der Waals surface area contributed by atoms with Crippen LogP contribution in [0, 0.1) is 0 Å². The number of aromatic nitrogens is 2. The van der Waals surface area contributed by atoms with Crippen LogP contribution >= 0.6 is 0 Å². The van der Waals surface area contributed by atoms with Crippen LogP contribution in [0.4, 0.5) is 0 Å². The van der Waals surface area contributed by atoms with Gasteiger partial charge in [0.05, 0.1) is 24.0 Å². The van der Waals surface area contributed by atoms with Gasteiger partial charge in [0.2, 0.25) is 0 Å². The molecule has 27 heavy (non-hydrogen) atoms. The Kier molecular flexibility index (Phi) is 4.16. The van der Waals surface area contributed by atoms with Crippen LogP contribution in [0.2, 0.25) is 0 Å². The molecule has 0 bridgehead atoms. The SMILES string of the molecule is O=C(O)CCn1c(=O)n(Cc2cccc3cc(O)ccc23)c2ccccc21.